The highest BCUT2D eigenvalue weighted by molar-refractivity contribution is 5.85. The van der Waals surface area contributed by atoms with Crippen LogP contribution in [0.25, 0.3) is 10.9 Å². The van der Waals surface area contributed by atoms with Gasteiger partial charge in [0, 0.05) is 11.6 Å². The van der Waals surface area contributed by atoms with Gasteiger partial charge in [-0.25, -0.2) is 0 Å². The van der Waals surface area contributed by atoms with Crippen LogP contribution in [0.15, 0.2) is 24.4 Å². The van der Waals surface area contributed by atoms with E-state index in [1.807, 2.05) is 32.0 Å². The molecule has 68 valence electrons. The third-order valence-corrected chi connectivity index (χ3v) is 2.38. The summed E-state index contributed by atoms with van der Waals surface area (Å²) in [6.07, 6.45) is 1.80. The van der Waals surface area contributed by atoms with E-state index in [0.29, 0.717) is 5.56 Å². The Bertz CT molecular complexity index is 536. The topological polar surface area (TPSA) is 36.7 Å². The molecule has 0 amide bonds. The standard InChI is InChI=1S/C12H10N2/c1-8-3-4-14-12-9(2)5-10(7-13)6-11(8)12/h3-6H,1-2H3. The Morgan fingerprint density at radius 2 is 2.00 bits per heavy atom. The molecule has 0 radical (unpaired) electrons. The average molecular weight is 182 g/mol. The van der Waals surface area contributed by atoms with Gasteiger partial charge in [0.1, 0.15) is 0 Å². The van der Waals surface area contributed by atoms with Crippen molar-refractivity contribution in [2.45, 2.75) is 13.8 Å². The minimum atomic E-state index is 0.700. The first kappa shape index (κ1) is 8.71. The van der Waals surface area contributed by atoms with Gasteiger partial charge in [-0.1, -0.05) is 0 Å². The Labute approximate surface area is 82.8 Å². The van der Waals surface area contributed by atoms with Crippen LogP contribution < -0.4 is 0 Å². The van der Waals surface area contributed by atoms with Crippen LogP contribution in [0.2, 0.25) is 0 Å². The van der Waals surface area contributed by atoms with Crippen LogP contribution >= 0.6 is 0 Å². The Kier molecular flexibility index (Phi) is 1.94. The number of nitrogens with zero attached hydrogens (tertiary/aromatic N) is 2. The van der Waals surface area contributed by atoms with Crippen molar-refractivity contribution in [3.05, 3.63) is 41.1 Å². The van der Waals surface area contributed by atoms with Crippen molar-refractivity contribution >= 4 is 10.9 Å². The molecule has 2 nitrogen and oxygen atoms in total. The molecular formula is C12H10N2. The van der Waals surface area contributed by atoms with E-state index in [1.165, 1.54) is 0 Å². The zero-order valence-corrected chi connectivity index (χ0v) is 8.20. The largest absolute Gasteiger partial charge is 0.256 e. The van der Waals surface area contributed by atoms with Gasteiger partial charge >= 0.3 is 0 Å². The number of aromatic nitrogens is 1. The molecule has 0 aliphatic carbocycles. The number of aryl methyl sites for hydroxylation is 2. The van der Waals surface area contributed by atoms with Gasteiger partial charge in [0.25, 0.3) is 0 Å². The second kappa shape index (κ2) is 3.12. The first-order valence-electron chi connectivity index (χ1n) is 4.48. The van der Waals surface area contributed by atoms with Crippen LogP contribution in [0.3, 0.4) is 0 Å². The van der Waals surface area contributed by atoms with E-state index in [1.54, 1.807) is 6.20 Å². The summed E-state index contributed by atoms with van der Waals surface area (Å²) >= 11 is 0. The van der Waals surface area contributed by atoms with Gasteiger partial charge < -0.3 is 0 Å². The molecular weight excluding hydrogens is 172 g/mol. The molecule has 0 fully saturated rings. The highest BCUT2D eigenvalue weighted by Crippen LogP contribution is 2.20. The number of hydrogen-bond acceptors (Lipinski definition) is 2. The second-order valence-electron chi connectivity index (χ2n) is 3.43. The lowest BCUT2D eigenvalue weighted by molar-refractivity contribution is 1.33. The Morgan fingerprint density at radius 3 is 2.71 bits per heavy atom. The summed E-state index contributed by atoms with van der Waals surface area (Å²) in [4.78, 5) is 4.31. The minimum absolute atomic E-state index is 0.700. The highest BCUT2D eigenvalue weighted by atomic mass is 14.6. The lowest BCUT2D eigenvalue weighted by atomic mass is 10.0. The number of benzene rings is 1. The maximum absolute atomic E-state index is 8.84. The van der Waals surface area contributed by atoms with E-state index < -0.39 is 0 Å². The summed E-state index contributed by atoms with van der Waals surface area (Å²) in [5, 5.41) is 9.92. The summed E-state index contributed by atoms with van der Waals surface area (Å²) in [5.41, 5.74) is 3.91. The Balaban J connectivity index is 2.92. The molecule has 0 atom stereocenters. The minimum Gasteiger partial charge on any atom is -0.256 e. The predicted octanol–water partition coefficient (Wildman–Crippen LogP) is 2.72. The van der Waals surface area contributed by atoms with Crippen molar-refractivity contribution in [3.63, 3.8) is 0 Å². The van der Waals surface area contributed by atoms with Crippen molar-refractivity contribution in [2.75, 3.05) is 0 Å². The fourth-order valence-electron chi connectivity index (χ4n) is 1.63. The van der Waals surface area contributed by atoms with Crippen LogP contribution in [0.1, 0.15) is 16.7 Å². The van der Waals surface area contributed by atoms with Crippen molar-refractivity contribution in [1.82, 2.24) is 4.98 Å². The summed E-state index contributed by atoms with van der Waals surface area (Å²) in [6.45, 7) is 4.01. The number of pyridine rings is 1. The Morgan fingerprint density at radius 1 is 1.21 bits per heavy atom. The fraction of sp³-hybridized carbons (Fsp3) is 0.167. The van der Waals surface area contributed by atoms with E-state index in [2.05, 4.69) is 11.1 Å². The van der Waals surface area contributed by atoms with Crippen LogP contribution in [-0.4, -0.2) is 4.98 Å². The smallest absolute Gasteiger partial charge is 0.0991 e. The van der Waals surface area contributed by atoms with E-state index in [0.717, 1.165) is 22.0 Å². The molecule has 0 unspecified atom stereocenters. The molecule has 1 aromatic heterocycles. The summed E-state index contributed by atoms with van der Waals surface area (Å²) < 4.78 is 0. The summed E-state index contributed by atoms with van der Waals surface area (Å²) in [7, 11) is 0. The van der Waals surface area contributed by atoms with Crippen LogP contribution in [0, 0.1) is 25.2 Å². The van der Waals surface area contributed by atoms with Gasteiger partial charge in [-0.3, -0.25) is 4.98 Å². The first-order valence-corrected chi connectivity index (χ1v) is 4.48. The van der Waals surface area contributed by atoms with Crippen molar-refractivity contribution in [2.24, 2.45) is 0 Å². The molecule has 2 rings (SSSR count). The number of hydrogen-bond donors (Lipinski definition) is 0. The molecule has 2 aromatic rings. The van der Waals surface area contributed by atoms with Crippen LogP contribution in [0.5, 0.6) is 0 Å². The van der Waals surface area contributed by atoms with Crippen molar-refractivity contribution < 1.29 is 0 Å². The number of nitriles is 1. The molecule has 0 aliphatic heterocycles. The van der Waals surface area contributed by atoms with Gasteiger partial charge in [0.15, 0.2) is 0 Å². The quantitative estimate of drug-likeness (QED) is 0.628. The Hall–Kier alpha value is -1.88. The third kappa shape index (κ3) is 1.23. The maximum atomic E-state index is 8.84. The zero-order valence-electron chi connectivity index (χ0n) is 8.20. The molecule has 14 heavy (non-hydrogen) atoms. The normalized spacial score (nSPS) is 10.1. The average Bonchev–Trinajstić information content (AvgIpc) is 2.19. The highest BCUT2D eigenvalue weighted by Gasteiger charge is 2.03. The number of fused-ring (bicyclic) bond motifs is 1. The van der Waals surface area contributed by atoms with E-state index in [4.69, 9.17) is 5.26 Å². The summed E-state index contributed by atoms with van der Waals surface area (Å²) in [6, 6.07) is 7.88. The second-order valence-corrected chi connectivity index (χ2v) is 3.43. The molecule has 0 aliphatic rings. The fourth-order valence-corrected chi connectivity index (χ4v) is 1.63. The third-order valence-electron chi connectivity index (χ3n) is 2.38. The summed E-state index contributed by atoms with van der Waals surface area (Å²) in [5.74, 6) is 0. The van der Waals surface area contributed by atoms with Gasteiger partial charge in [-0.05, 0) is 43.2 Å². The van der Waals surface area contributed by atoms with E-state index >= 15 is 0 Å². The first-order chi connectivity index (χ1) is 6.72. The monoisotopic (exact) mass is 182 g/mol. The molecule has 0 saturated carbocycles. The molecule has 1 heterocycles. The lowest BCUT2D eigenvalue weighted by Gasteiger charge is -2.04. The molecule has 0 saturated heterocycles. The molecule has 1 aromatic carbocycles. The SMILES string of the molecule is Cc1ccnc2c(C)cc(C#N)cc12. The maximum Gasteiger partial charge on any atom is 0.0991 e. The van der Waals surface area contributed by atoms with Crippen molar-refractivity contribution in [1.29, 1.82) is 5.26 Å². The molecule has 2 heteroatoms. The number of rotatable bonds is 0. The molecule has 0 N–H and O–H groups in total. The predicted molar refractivity (Wildman–Crippen MR) is 55.9 cm³/mol. The van der Waals surface area contributed by atoms with Crippen LogP contribution in [-0.2, 0) is 0 Å². The van der Waals surface area contributed by atoms with Crippen LogP contribution in [0.4, 0.5) is 0 Å². The molecule has 0 bridgehead atoms. The van der Waals surface area contributed by atoms with E-state index in [-0.39, 0.29) is 0 Å². The van der Waals surface area contributed by atoms with Gasteiger partial charge in [0.05, 0.1) is 17.1 Å². The van der Waals surface area contributed by atoms with E-state index in [9.17, 15) is 0 Å². The zero-order chi connectivity index (χ0) is 10.1. The van der Waals surface area contributed by atoms with Crippen molar-refractivity contribution in [3.8, 4) is 6.07 Å². The lowest BCUT2D eigenvalue weighted by Crippen LogP contribution is -1.88. The van der Waals surface area contributed by atoms with Gasteiger partial charge in [0.2, 0.25) is 0 Å². The van der Waals surface area contributed by atoms with Gasteiger partial charge in [-0.15, -0.1) is 0 Å². The van der Waals surface area contributed by atoms with Gasteiger partial charge in [-0.2, -0.15) is 5.26 Å². The molecule has 0 spiro atoms.